The molecule has 1 aliphatic rings. The first-order valence-corrected chi connectivity index (χ1v) is 9.22. The topological polar surface area (TPSA) is 77.0 Å². The molecule has 1 amide bonds. The van der Waals surface area contributed by atoms with E-state index in [1.54, 1.807) is 13.3 Å². The van der Waals surface area contributed by atoms with Crippen molar-refractivity contribution in [2.24, 2.45) is 5.92 Å². The average Bonchev–Trinajstić information content (AvgIpc) is 2.69. The van der Waals surface area contributed by atoms with Crippen LogP contribution in [0.15, 0.2) is 30.6 Å². The second-order valence-electron chi connectivity index (χ2n) is 6.75. The molecule has 0 aromatic carbocycles. The summed E-state index contributed by atoms with van der Waals surface area (Å²) in [6.07, 6.45) is 8.29. The van der Waals surface area contributed by atoms with E-state index in [2.05, 4.69) is 20.3 Å². The zero-order chi connectivity index (χ0) is 18.4. The van der Waals surface area contributed by atoms with Crippen LogP contribution in [0.3, 0.4) is 0 Å². The van der Waals surface area contributed by atoms with E-state index in [1.165, 1.54) is 0 Å². The second-order valence-corrected chi connectivity index (χ2v) is 6.75. The monoisotopic (exact) mass is 354 g/mol. The van der Waals surface area contributed by atoms with Crippen LogP contribution in [-0.4, -0.2) is 40.6 Å². The first-order valence-electron chi connectivity index (χ1n) is 9.22. The normalized spacial score (nSPS) is 19.9. The number of aromatic nitrogens is 3. The van der Waals surface area contributed by atoms with Gasteiger partial charge in [0.05, 0.1) is 17.5 Å². The molecule has 1 saturated carbocycles. The van der Waals surface area contributed by atoms with Crippen molar-refractivity contribution in [2.45, 2.75) is 45.1 Å². The smallest absolute Gasteiger partial charge is 0.223 e. The number of carbonyl (C=O) groups is 1. The molecule has 3 rings (SSSR count). The fourth-order valence-corrected chi connectivity index (χ4v) is 3.49. The van der Waals surface area contributed by atoms with Crippen LogP contribution >= 0.6 is 0 Å². The van der Waals surface area contributed by atoms with Crippen molar-refractivity contribution < 1.29 is 9.53 Å². The first kappa shape index (κ1) is 18.5. The largest absolute Gasteiger partial charge is 0.381 e. The van der Waals surface area contributed by atoms with E-state index in [0.29, 0.717) is 13.0 Å². The molecule has 26 heavy (non-hydrogen) atoms. The molecule has 2 aromatic heterocycles. The maximum Gasteiger partial charge on any atom is 0.223 e. The lowest BCUT2D eigenvalue weighted by molar-refractivity contribution is -0.127. The molecule has 6 heteroatoms. The zero-order valence-corrected chi connectivity index (χ0v) is 15.4. The van der Waals surface area contributed by atoms with Gasteiger partial charge in [-0.25, -0.2) is 9.97 Å². The summed E-state index contributed by atoms with van der Waals surface area (Å²) in [5, 5.41) is 3.07. The Kier molecular flexibility index (Phi) is 6.28. The molecule has 0 spiro atoms. The van der Waals surface area contributed by atoms with Crippen molar-refractivity contribution >= 4 is 5.91 Å². The Morgan fingerprint density at radius 2 is 2.19 bits per heavy atom. The van der Waals surface area contributed by atoms with E-state index in [9.17, 15) is 4.79 Å². The highest BCUT2D eigenvalue weighted by molar-refractivity contribution is 5.78. The van der Waals surface area contributed by atoms with Gasteiger partial charge in [0.2, 0.25) is 5.91 Å². The van der Waals surface area contributed by atoms with Crippen molar-refractivity contribution in [3.63, 3.8) is 0 Å². The van der Waals surface area contributed by atoms with Gasteiger partial charge in [-0.15, -0.1) is 0 Å². The van der Waals surface area contributed by atoms with E-state index >= 15 is 0 Å². The number of rotatable bonds is 6. The third-order valence-electron chi connectivity index (χ3n) is 4.92. The fraction of sp³-hybridized carbons (Fsp3) is 0.500. The van der Waals surface area contributed by atoms with Gasteiger partial charge in [0.25, 0.3) is 0 Å². The predicted octanol–water partition coefficient (Wildman–Crippen LogP) is 2.71. The molecule has 0 saturated heterocycles. The van der Waals surface area contributed by atoms with Gasteiger partial charge in [0, 0.05) is 44.0 Å². The number of ether oxygens (including phenoxy) is 1. The van der Waals surface area contributed by atoms with Crippen LogP contribution in [0.4, 0.5) is 0 Å². The molecule has 1 N–H and O–H groups in total. The molecule has 2 heterocycles. The molecule has 2 aromatic rings. The summed E-state index contributed by atoms with van der Waals surface area (Å²) in [4.78, 5) is 25.7. The number of pyridine rings is 1. The molecule has 1 fully saturated rings. The van der Waals surface area contributed by atoms with Gasteiger partial charge in [-0.2, -0.15) is 0 Å². The summed E-state index contributed by atoms with van der Waals surface area (Å²) in [7, 11) is 1.72. The number of carbonyl (C=O) groups excluding carboxylic acids is 1. The SMILES string of the molecule is CO[C@H]1CCC[C@H](C(=O)NCCc2nc(C)ncc2-c2ccccn2)C1. The molecular weight excluding hydrogens is 328 g/mol. The lowest BCUT2D eigenvalue weighted by Crippen LogP contribution is -2.36. The summed E-state index contributed by atoms with van der Waals surface area (Å²) in [5.74, 6) is 0.897. The van der Waals surface area contributed by atoms with Crippen LogP contribution < -0.4 is 5.32 Å². The number of amides is 1. The molecule has 138 valence electrons. The van der Waals surface area contributed by atoms with Crippen molar-refractivity contribution in [2.75, 3.05) is 13.7 Å². The Morgan fingerprint density at radius 3 is 2.96 bits per heavy atom. The minimum absolute atomic E-state index is 0.0519. The summed E-state index contributed by atoms with van der Waals surface area (Å²) in [6.45, 7) is 2.43. The number of hydrogen-bond donors (Lipinski definition) is 1. The maximum absolute atomic E-state index is 12.5. The Labute approximate surface area is 154 Å². The van der Waals surface area contributed by atoms with E-state index < -0.39 is 0 Å². The third-order valence-corrected chi connectivity index (χ3v) is 4.92. The molecule has 0 bridgehead atoms. The molecule has 1 aliphatic carbocycles. The molecule has 0 unspecified atom stereocenters. The van der Waals surface area contributed by atoms with Gasteiger partial charge < -0.3 is 10.1 Å². The molecule has 2 atom stereocenters. The van der Waals surface area contributed by atoms with Crippen LogP contribution in [0.2, 0.25) is 0 Å². The van der Waals surface area contributed by atoms with Crippen LogP contribution in [0.25, 0.3) is 11.3 Å². The molecule has 0 radical (unpaired) electrons. The zero-order valence-electron chi connectivity index (χ0n) is 15.4. The second kappa shape index (κ2) is 8.85. The van der Waals surface area contributed by atoms with Crippen molar-refractivity contribution in [1.29, 1.82) is 0 Å². The minimum atomic E-state index is 0.0519. The summed E-state index contributed by atoms with van der Waals surface area (Å²) in [6, 6.07) is 5.78. The lowest BCUT2D eigenvalue weighted by atomic mass is 9.86. The molecular formula is C20H26N4O2. The highest BCUT2D eigenvalue weighted by Crippen LogP contribution is 2.26. The number of hydrogen-bond acceptors (Lipinski definition) is 5. The first-order chi connectivity index (χ1) is 12.7. The highest BCUT2D eigenvalue weighted by atomic mass is 16.5. The number of aryl methyl sites for hydroxylation is 1. The van der Waals surface area contributed by atoms with Crippen molar-refractivity contribution in [3.05, 3.63) is 42.1 Å². The summed E-state index contributed by atoms with van der Waals surface area (Å²) in [5.41, 5.74) is 2.68. The average molecular weight is 354 g/mol. The minimum Gasteiger partial charge on any atom is -0.381 e. The van der Waals surface area contributed by atoms with E-state index in [0.717, 1.165) is 48.5 Å². The Balaban J connectivity index is 1.61. The van der Waals surface area contributed by atoms with Gasteiger partial charge in [0.1, 0.15) is 5.82 Å². The van der Waals surface area contributed by atoms with Gasteiger partial charge in [-0.3, -0.25) is 9.78 Å². The van der Waals surface area contributed by atoms with Gasteiger partial charge in [0.15, 0.2) is 0 Å². The Bertz CT molecular complexity index is 736. The molecule has 0 aliphatic heterocycles. The lowest BCUT2D eigenvalue weighted by Gasteiger charge is -2.27. The highest BCUT2D eigenvalue weighted by Gasteiger charge is 2.26. The summed E-state index contributed by atoms with van der Waals surface area (Å²) >= 11 is 0. The number of methoxy groups -OCH3 is 1. The van der Waals surface area contributed by atoms with E-state index in [1.807, 2.05) is 31.3 Å². The van der Waals surface area contributed by atoms with E-state index in [4.69, 9.17) is 4.74 Å². The fourth-order valence-electron chi connectivity index (χ4n) is 3.49. The van der Waals surface area contributed by atoms with Crippen LogP contribution in [0.1, 0.15) is 37.2 Å². The standard InChI is InChI=1S/C20H26N4O2/c1-14-23-13-17(18-8-3-4-10-21-18)19(24-14)9-11-22-20(25)15-6-5-7-16(12-15)26-2/h3-4,8,10,13,15-16H,5-7,9,11-12H2,1-2H3,(H,22,25)/t15-,16-/m0/s1. The Hall–Kier alpha value is -2.34. The van der Waals surface area contributed by atoms with Crippen LogP contribution in [0, 0.1) is 12.8 Å². The number of nitrogens with zero attached hydrogens (tertiary/aromatic N) is 3. The predicted molar refractivity (Wildman–Crippen MR) is 99.5 cm³/mol. The van der Waals surface area contributed by atoms with Crippen LogP contribution in [0.5, 0.6) is 0 Å². The van der Waals surface area contributed by atoms with Gasteiger partial charge in [-0.1, -0.05) is 12.5 Å². The van der Waals surface area contributed by atoms with Gasteiger partial charge >= 0.3 is 0 Å². The molecule has 6 nitrogen and oxygen atoms in total. The Morgan fingerprint density at radius 1 is 1.31 bits per heavy atom. The van der Waals surface area contributed by atoms with Crippen molar-refractivity contribution in [1.82, 2.24) is 20.3 Å². The van der Waals surface area contributed by atoms with E-state index in [-0.39, 0.29) is 17.9 Å². The maximum atomic E-state index is 12.5. The van der Waals surface area contributed by atoms with Crippen LogP contribution in [-0.2, 0) is 16.0 Å². The third kappa shape index (κ3) is 4.64. The summed E-state index contributed by atoms with van der Waals surface area (Å²) < 4.78 is 5.42. The van der Waals surface area contributed by atoms with Crippen molar-refractivity contribution in [3.8, 4) is 11.3 Å². The van der Waals surface area contributed by atoms with Gasteiger partial charge in [-0.05, 0) is 38.3 Å². The quantitative estimate of drug-likeness (QED) is 0.863. The number of nitrogens with one attached hydrogen (secondary N) is 1.